The molecular weight excluding hydrogens is 628 g/mol. The molecule has 13 nitrogen and oxygen atoms in total. The summed E-state index contributed by atoms with van der Waals surface area (Å²) in [4.78, 5) is 60.9. The lowest BCUT2D eigenvalue weighted by molar-refractivity contribution is -0.133. The van der Waals surface area contributed by atoms with Crippen molar-refractivity contribution in [1.82, 2.24) is 31.0 Å². The van der Waals surface area contributed by atoms with Crippen molar-refractivity contribution in [3.63, 3.8) is 0 Å². The average molecular weight is 675 g/mol. The van der Waals surface area contributed by atoms with Crippen molar-refractivity contribution in [3.05, 3.63) is 83.5 Å². The standard InChI is InChI=1S/C36H46N6O7/c1-24(2)18-29(32(43)36(3)23-48-36)39-33(44)28(12-11-25-8-5-4-6-9-25)38-34(45)30(19-26-10-7-13-37-21-26)40-35(46)31-20-27(49-41-31)22-42-14-16-47-17-15-42/h4-10,13,20-21,24,28-30H,11-12,14-19,22-23H2,1-3H3,(H,38,45)(H,39,44)(H,40,46)/t28-,29-,30-,36+/m0/s1. The number of rotatable bonds is 17. The molecule has 4 atom stereocenters. The minimum Gasteiger partial charge on any atom is -0.379 e. The Morgan fingerprint density at radius 1 is 0.918 bits per heavy atom. The number of carbonyl (C=O) groups excluding carboxylic acids is 4. The lowest BCUT2D eigenvalue weighted by Gasteiger charge is -2.26. The number of benzene rings is 1. The highest BCUT2D eigenvalue weighted by atomic mass is 16.6. The minimum atomic E-state index is -1.07. The maximum absolute atomic E-state index is 14.0. The molecule has 0 radical (unpaired) electrons. The predicted octanol–water partition coefficient (Wildman–Crippen LogP) is 2.25. The molecule has 0 bridgehead atoms. The summed E-state index contributed by atoms with van der Waals surface area (Å²) in [5, 5.41) is 12.5. The molecule has 49 heavy (non-hydrogen) atoms. The van der Waals surface area contributed by atoms with Gasteiger partial charge in [-0.1, -0.05) is 55.4 Å². The number of ketones is 1. The van der Waals surface area contributed by atoms with Crippen LogP contribution in [-0.2, 0) is 43.2 Å². The van der Waals surface area contributed by atoms with Gasteiger partial charge < -0.3 is 29.9 Å². The van der Waals surface area contributed by atoms with Gasteiger partial charge in [-0.3, -0.25) is 29.1 Å². The van der Waals surface area contributed by atoms with Crippen molar-refractivity contribution in [2.45, 2.75) is 76.7 Å². The number of amides is 3. The quantitative estimate of drug-likeness (QED) is 0.181. The maximum Gasteiger partial charge on any atom is 0.274 e. The van der Waals surface area contributed by atoms with Crippen LogP contribution in [0.15, 0.2) is 65.4 Å². The Hall–Kier alpha value is -4.46. The van der Waals surface area contributed by atoms with Crippen LogP contribution in [0.1, 0.15) is 61.0 Å². The zero-order valence-electron chi connectivity index (χ0n) is 28.4. The van der Waals surface area contributed by atoms with E-state index in [0.717, 1.165) is 18.7 Å². The number of hydrogen-bond donors (Lipinski definition) is 3. The Kier molecular flexibility index (Phi) is 12.3. The molecule has 262 valence electrons. The van der Waals surface area contributed by atoms with Crippen LogP contribution in [0.2, 0.25) is 0 Å². The number of aromatic nitrogens is 2. The molecule has 5 rings (SSSR count). The summed E-state index contributed by atoms with van der Waals surface area (Å²) in [5.74, 6) is -1.18. The number of pyridine rings is 1. The summed E-state index contributed by atoms with van der Waals surface area (Å²) in [6, 6.07) is 11.9. The number of Topliss-reactive ketones (excluding diaryl/α,β-unsaturated/α-hetero) is 1. The number of morpholine rings is 1. The van der Waals surface area contributed by atoms with Gasteiger partial charge in [0.15, 0.2) is 17.2 Å². The van der Waals surface area contributed by atoms with Crippen LogP contribution in [0.25, 0.3) is 0 Å². The van der Waals surface area contributed by atoms with Gasteiger partial charge in [-0.25, -0.2) is 0 Å². The largest absolute Gasteiger partial charge is 0.379 e. The number of carbonyl (C=O) groups is 4. The van der Waals surface area contributed by atoms with E-state index in [2.05, 4.69) is 31.0 Å². The Balaban J connectivity index is 1.32. The zero-order chi connectivity index (χ0) is 34.8. The highest BCUT2D eigenvalue weighted by Crippen LogP contribution is 2.29. The fourth-order valence-corrected chi connectivity index (χ4v) is 5.76. The molecule has 0 aliphatic carbocycles. The first kappa shape index (κ1) is 35.8. The third kappa shape index (κ3) is 10.5. The summed E-state index contributed by atoms with van der Waals surface area (Å²) in [6.07, 6.45) is 4.53. The predicted molar refractivity (Wildman–Crippen MR) is 179 cm³/mol. The molecule has 3 amide bonds. The molecule has 2 aromatic heterocycles. The van der Waals surface area contributed by atoms with Crippen LogP contribution in [0.3, 0.4) is 0 Å². The number of ether oxygens (including phenoxy) is 2. The Bertz CT molecular complexity index is 1550. The maximum atomic E-state index is 14.0. The first-order chi connectivity index (χ1) is 23.6. The van der Waals surface area contributed by atoms with E-state index in [-0.39, 0.29) is 30.2 Å². The average Bonchev–Trinajstić information content (AvgIpc) is 3.68. The molecule has 0 unspecified atom stereocenters. The van der Waals surface area contributed by atoms with E-state index >= 15 is 0 Å². The van der Waals surface area contributed by atoms with E-state index < -0.39 is 41.4 Å². The van der Waals surface area contributed by atoms with E-state index in [0.29, 0.717) is 50.5 Å². The monoisotopic (exact) mass is 674 g/mol. The molecule has 0 spiro atoms. The Labute approximate surface area is 286 Å². The lowest BCUT2D eigenvalue weighted by atomic mass is 9.93. The van der Waals surface area contributed by atoms with Gasteiger partial charge in [0, 0.05) is 38.0 Å². The third-order valence-electron chi connectivity index (χ3n) is 8.70. The van der Waals surface area contributed by atoms with Crippen molar-refractivity contribution in [2.75, 3.05) is 32.9 Å². The molecule has 3 aromatic rings. The van der Waals surface area contributed by atoms with Gasteiger partial charge in [0.2, 0.25) is 11.8 Å². The van der Waals surface area contributed by atoms with Gasteiger partial charge in [-0.2, -0.15) is 0 Å². The molecule has 2 aliphatic heterocycles. The summed E-state index contributed by atoms with van der Waals surface area (Å²) >= 11 is 0. The van der Waals surface area contributed by atoms with Gasteiger partial charge in [-0.05, 0) is 49.3 Å². The molecule has 2 saturated heterocycles. The number of epoxide rings is 1. The second-order valence-electron chi connectivity index (χ2n) is 13.3. The fraction of sp³-hybridized carbons (Fsp3) is 0.500. The first-order valence-electron chi connectivity index (χ1n) is 16.9. The van der Waals surface area contributed by atoms with Crippen molar-refractivity contribution in [2.24, 2.45) is 5.92 Å². The first-order valence-corrected chi connectivity index (χ1v) is 16.9. The molecule has 2 fully saturated rings. The minimum absolute atomic E-state index is 0.0384. The van der Waals surface area contributed by atoms with Gasteiger partial charge in [-0.15, -0.1) is 0 Å². The van der Waals surface area contributed by atoms with Crippen LogP contribution in [0.5, 0.6) is 0 Å². The zero-order valence-corrected chi connectivity index (χ0v) is 28.4. The lowest BCUT2D eigenvalue weighted by Crippen LogP contribution is -2.57. The van der Waals surface area contributed by atoms with Crippen molar-refractivity contribution in [3.8, 4) is 0 Å². The highest BCUT2D eigenvalue weighted by Gasteiger charge is 2.50. The van der Waals surface area contributed by atoms with Crippen LogP contribution in [-0.4, -0.2) is 95.2 Å². The summed E-state index contributed by atoms with van der Waals surface area (Å²) < 4.78 is 16.2. The van der Waals surface area contributed by atoms with Gasteiger partial charge >= 0.3 is 0 Å². The van der Waals surface area contributed by atoms with Crippen LogP contribution in [0.4, 0.5) is 0 Å². The fourth-order valence-electron chi connectivity index (χ4n) is 5.76. The highest BCUT2D eigenvalue weighted by molar-refractivity contribution is 5.99. The number of aryl methyl sites for hydroxylation is 1. The second-order valence-corrected chi connectivity index (χ2v) is 13.3. The molecule has 2 aliphatic rings. The van der Waals surface area contributed by atoms with Gasteiger partial charge in [0.1, 0.15) is 17.7 Å². The van der Waals surface area contributed by atoms with E-state index in [1.807, 2.05) is 44.2 Å². The summed E-state index contributed by atoms with van der Waals surface area (Å²) in [6.45, 7) is 9.19. The van der Waals surface area contributed by atoms with E-state index in [1.165, 1.54) is 0 Å². The number of nitrogens with one attached hydrogen (secondary N) is 3. The number of nitrogens with zero attached hydrogens (tertiary/aromatic N) is 3. The molecule has 0 saturated carbocycles. The summed E-state index contributed by atoms with van der Waals surface area (Å²) in [5.41, 5.74) is 0.818. The van der Waals surface area contributed by atoms with Crippen molar-refractivity contribution in [1.29, 1.82) is 0 Å². The number of hydrogen-bond acceptors (Lipinski definition) is 10. The van der Waals surface area contributed by atoms with E-state index in [1.54, 1.807) is 37.5 Å². The topological polar surface area (TPSA) is 168 Å². The van der Waals surface area contributed by atoms with Crippen LogP contribution < -0.4 is 16.0 Å². The summed E-state index contributed by atoms with van der Waals surface area (Å²) in [7, 11) is 0. The van der Waals surface area contributed by atoms with Gasteiger partial charge in [0.25, 0.3) is 5.91 Å². The van der Waals surface area contributed by atoms with Crippen LogP contribution in [0, 0.1) is 5.92 Å². The molecule has 3 N–H and O–H groups in total. The molecule has 1 aromatic carbocycles. The molecule has 13 heteroatoms. The smallest absolute Gasteiger partial charge is 0.274 e. The van der Waals surface area contributed by atoms with Crippen molar-refractivity contribution < 1.29 is 33.2 Å². The van der Waals surface area contributed by atoms with Gasteiger partial charge in [0.05, 0.1) is 32.4 Å². The second kappa shape index (κ2) is 16.8. The van der Waals surface area contributed by atoms with Crippen LogP contribution >= 0.6 is 0 Å². The van der Waals surface area contributed by atoms with Crippen molar-refractivity contribution >= 4 is 23.5 Å². The third-order valence-corrected chi connectivity index (χ3v) is 8.70. The molecular formula is C36H46N6O7. The Morgan fingerprint density at radius 2 is 1.61 bits per heavy atom. The Morgan fingerprint density at radius 3 is 2.29 bits per heavy atom. The molecule has 4 heterocycles. The van der Waals surface area contributed by atoms with E-state index in [9.17, 15) is 19.2 Å². The SMILES string of the molecule is CC(C)C[C@H](NC(=O)[C@H](CCc1ccccc1)NC(=O)[C@H](Cc1cccnc1)NC(=O)c1cc(CN2CCOCC2)on1)C(=O)[C@@]1(C)CO1. The normalized spacial score (nSPS) is 19.4. The van der Waals surface area contributed by atoms with E-state index in [4.69, 9.17) is 14.0 Å².